The van der Waals surface area contributed by atoms with E-state index in [0.717, 1.165) is 0 Å². The average Bonchev–Trinajstić information content (AvgIpc) is 1.97. The third-order valence-corrected chi connectivity index (χ3v) is 1.53. The smallest absolute Gasteiger partial charge is 0.417 e. The summed E-state index contributed by atoms with van der Waals surface area (Å²) in [7, 11) is 0. The Kier molecular flexibility index (Phi) is 4.05. The van der Waals surface area contributed by atoms with Crippen molar-refractivity contribution in [2.24, 2.45) is 0 Å². The second-order valence-electron chi connectivity index (χ2n) is 1.97. The van der Waals surface area contributed by atoms with Crippen LogP contribution in [0.5, 0.6) is 0 Å². The molecule has 0 aromatic carbocycles. The van der Waals surface area contributed by atoms with Crippen molar-refractivity contribution in [1.29, 1.82) is 0 Å². The van der Waals surface area contributed by atoms with Crippen molar-refractivity contribution >= 4 is 30.8 Å². The standard InChI is InChI=1S/C5H7NO6S/c7-3(8)2(1-13)6(4(9)10)5(11)12/h2,13H,1H2,(H,7,8)(H,9,10)(H,11,12)/t2-/m0/s1. The molecule has 0 fully saturated rings. The number of hydrogen-bond acceptors (Lipinski definition) is 4. The number of imide groups is 1. The van der Waals surface area contributed by atoms with Crippen molar-refractivity contribution in [3.05, 3.63) is 0 Å². The van der Waals surface area contributed by atoms with E-state index in [1.54, 1.807) is 0 Å². The fourth-order valence-corrected chi connectivity index (χ4v) is 0.938. The van der Waals surface area contributed by atoms with Gasteiger partial charge in [0.25, 0.3) is 0 Å². The van der Waals surface area contributed by atoms with E-state index in [9.17, 15) is 14.4 Å². The van der Waals surface area contributed by atoms with Gasteiger partial charge < -0.3 is 15.3 Å². The minimum absolute atomic E-state index is 0.213. The Bertz CT molecular complexity index is 227. The molecule has 0 saturated carbocycles. The Morgan fingerprint density at radius 1 is 1.15 bits per heavy atom. The van der Waals surface area contributed by atoms with E-state index >= 15 is 0 Å². The normalized spacial score (nSPS) is 11.8. The second kappa shape index (κ2) is 4.55. The molecule has 74 valence electrons. The SMILES string of the molecule is O=C(O)[C@H](CS)N(C(=O)O)C(=O)O. The summed E-state index contributed by atoms with van der Waals surface area (Å²) in [5, 5.41) is 25.1. The van der Waals surface area contributed by atoms with Gasteiger partial charge in [-0.25, -0.2) is 14.4 Å². The number of nitrogens with zero attached hydrogens (tertiary/aromatic N) is 1. The number of hydrogen-bond donors (Lipinski definition) is 4. The first-order chi connectivity index (χ1) is 5.91. The maximum atomic E-state index is 10.4. The lowest BCUT2D eigenvalue weighted by molar-refractivity contribution is -0.141. The monoisotopic (exact) mass is 209 g/mol. The maximum Gasteiger partial charge on any atom is 0.417 e. The molecule has 0 aromatic heterocycles. The predicted molar refractivity (Wildman–Crippen MR) is 43.2 cm³/mol. The molecule has 0 aromatic rings. The summed E-state index contributed by atoms with van der Waals surface area (Å²) >= 11 is 3.53. The van der Waals surface area contributed by atoms with Gasteiger partial charge in [-0.1, -0.05) is 0 Å². The zero-order chi connectivity index (χ0) is 10.6. The predicted octanol–water partition coefficient (Wildman–Crippen LogP) is 0.0274. The number of carboxylic acids is 1. The van der Waals surface area contributed by atoms with Gasteiger partial charge in [-0.15, -0.1) is 0 Å². The number of rotatable bonds is 3. The van der Waals surface area contributed by atoms with E-state index in [1.165, 1.54) is 0 Å². The first kappa shape index (κ1) is 11.6. The third-order valence-electron chi connectivity index (χ3n) is 1.18. The molecule has 0 heterocycles. The Morgan fingerprint density at radius 2 is 1.54 bits per heavy atom. The minimum atomic E-state index is -1.84. The third kappa shape index (κ3) is 2.82. The first-order valence-electron chi connectivity index (χ1n) is 3.00. The van der Waals surface area contributed by atoms with Crippen molar-refractivity contribution in [1.82, 2.24) is 4.90 Å². The van der Waals surface area contributed by atoms with Gasteiger partial charge >= 0.3 is 18.2 Å². The van der Waals surface area contributed by atoms with E-state index in [1.807, 2.05) is 0 Å². The van der Waals surface area contributed by atoms with Crippen LogP contribution in [0.1, 0.15) is 0 Å². The number of amides is 2. The highest BCUT2D eigenvalue weighted by Gasteiger charge is 2.33. The van der Waals surface area contributed by atoms with Crippen LogP contribution < -0.4 is 0 Å². The molecule has 0 aliphatic heterocycles. The summed E-state index contributed by atoms with van der Waals surface area (Å²) in [6, 6.07) is -1.68. The van der Waals surface area contributed by atoms with Gasteiger partial charge in [-0.3, -0.25) is 0 Å². The number of aliphatic carboxylic acids is 1. The van der Waals surface area contributed by atoms with Gasteiger partial charge in [0, 0.05) is 5.75 Å². The summed E-state index contributed by atoms with van der Waals surface area (Å²) in [6.07, 6.45) is -3.68. The lowest BCUT2D eigenvalue weighted by Gasteiger charge is -2.19. The van der Waals surface area contributed by atoms with E-state index in [4.69, 9.17) is 15.3 Å². The fourth-order valence-electron chi connectivity index (χ4n) is 0.619. The van der Waals surface area contributed by atoms with Crippen LogP contribution in [0.3, 0.4) is 0 Å². The second-order valence-corrected chi connectivity index (χ2v) is 2.34. The number of carbonyl (C=O) groups is 3. The Balaban J connectivity index is 4.80. The molecule has 0 aliphatic rings. The summed E-state index contributed by atoms with van der Waals surface area (Å²) < 4.78 is 0. The van der Waals surface area contributed by atoms with Crippen LogP contribution in [0.4, 0.5) is 9.59 Å². The molecule has 3 N–H and O–H groups in total. The topological polar surface area (TPSA) is 115 Å². The van der Waals surface area contributed by atoms with Gasteiger partial charge in [0.05, 0.1) is 0 Å². The Hall–Kier alpha value is -1.44. The molecule has 0 aliphatic carbocycles. The lowest BCUT2D eigenvalue weighted by atomic mass is 10.3. The van der Waals surface area contributed by atoms with Gasteiger partial charge in [-0.05, 0) is 0 Å². The van der Waals surface area contributed by atoms with Gasteiger partial charge in [0.2, 0.25) is 0 Å². The lowest BCUT2D eigenvalue weighted by Crippen LogP contribution is -2.48. The van der Waals surface area contributed by atoms with E-state index < -0.39 is 30.0 Å². The molecule has 7 nitrogen and oxygen atoms in total. The van der Waals surface area contributed by atoms with Crippen molar-refractivity contribution in [2.75, 3.05) is 5.75 Å². The summed E-state index contributed by atoms with van der Waals surface area (Å²) in [6.45, 7) is 0. The van der Waals surface area contributed by atoms with Gasteiger partial charge in [0.15, 0.2) is 6.04 Å². The molecule has 13 heavy (non-hydrogen) atoms. The van der Waals surface area contributed by atoms with Crippen LogP contribution in [-0.2, 0) is 4.79 Å². The molecule has 0 bridgehead atoms. The van der Waals surface area contributed by atoms with Gasteiger partial charge in [-0.2, -0.15) is 17.5 Å². The van der Waals surface area contributed by atoms with Crippen molar-refractivity contribution < 1.29 is 29.7 Å². The molecular weight excluding hydrogens is 202 g/mol. The molecule has 1 atom stereocenters. The highest BCUT2D eigenvalue weighted by Crippen LogP contribution is 2.03. The molecule has 0 saturated heterocycles. The first-order valence-corrected chi connectivity index (χ1v) is 3.63. The summed E-state index contributed by atoms with van der Waals surface area (Å²) in [5.74, 6) is -1.96. The molecule has 0 spiro atoms. The minimum Gasteiger partial charge on any atom is -0.480 e. The van der Waals surface area contributed by atoms with Crippen LogP contribution in [-0.4, -0.2) is 50.2 Å². The largest absolute Gasteiger partial charge is 0.480 e. The highest BCUT2D eigenvalue weighted by molar-refractivity contribution is 7.80. The number of carboxylic acid groups (broad SMARTS) is 3. The molecule has 0 rings (SSSR count). The highest BCUT2D eigenvalue weighted by atomic mass is 32.1. The fraction of sp³-hybridized carbons (Fsp3) is 0.400. The summed E-state index contributed by atoms with van der Waals surface area (Å²) in [4.78, 5) is 30.7. The van der Waals surface area contributed by atoms with Crippen molar-refractivity contribution in [2.45, 2.75) is 6.04 Å². The van der Waals surface area contributed by atoms with E-state index in [-0.39, 0.29) is 4.90 Å². The number of thiol groups is 1. The molecular formula is C5H7NO6S. The summed E-state index contributed by atoms with van der Waals surface area (Å²) in [5.41, 5.74) is 0. The quantitative estimate of drug-likeness (QED) is 0.487. The zero-order valence-electron chi connectivity index (χ0n) is 6.25. The molecule has 8 heteroatoms. The van der Waals surface area contributed by atoms with Crippen LogP contribution in [0.15, 0.2) is 0 Å². The van der Waals surface area contributed by atoms with Crippen LogP contribution in [0.25, 0.3) is 0 Å². The Morgan fingerprint density at radius 3 is 1.62 bits per heavy atom. The van der Waals surface area contributed by atoms with Crippen molar-refractivity contribution in [3.63, 3.8) is 0 Å². The molecule has 0 unspecified atom stereocenters. The molecule has 0 radical (unpaired) electrons. The zero-order valence-corrected chi connectivity index (χ0v) is 7.14. The molecule has 2 amide bonds. The van der Waals surface area contributed by atoms with E-state index in [0.29, 0.717) is 0 Å². The Labute approximate surface area is 78.0 Å². The van der Waals surface area contributed by atoms with Crippen molar-refractivity contribution in [3.8, 4) is 0 Å². The van der Waals surface area contributed by atoms with Crippen LogP contribution in [0.2, 0.25) is 0 Å². The van der Waals surface area contributed by atoms with Crippen LogP contribution in [0, 0.1) is 0 Å². The van der Waals surface area contributed by atoms with Crippen LogP contribution >= 0.6 is 12.6 Å². The van der Waals surface area contributed by atoms with Gasteiger partial charge in [0.1, 0.15) is 0 Å². The maximum absolute atomic E-state index is 10.4. The van der Waals surface area contributed by atoms with E-state index in [2.05, 4.69) is 12.6 Å². The average molecular weight is 209 g/mol.